The monoisotopic (exact) mass is 349 g/mol. The lowest BCUT2D eigenvalue weighted by Gasteiger charge is -2.56. The maximum atomic E-state index is 12.0. The van der Waals surface area contributed by atoms with Crippen molar-refractivity contribution < 1.29 is 9.45 Å². The Hall–Kier alpha value is -2.34. The zero-order chi connectivity index (χ0) is 18.7. The molecule has 1 amide bonds. The number of amides is 1. The minimum Gasteiger partial charge on any atom is -0.425 e. The van der Waals surface area contributed by atoms with Gasteiger partial charge in [0.1, 0.15) is 5.82 Å². The van der Waals surface area contributed by atoms with Gasteiger partial charge in [0.25, 0.3) is 5.91 Å². The summed E-state index contributed by atoms with van der Waals surface area (Å²) >= 11 is 0. The highest BCUT2D eigenvalue weighted by Crippen LogP contribution is 2.53. The number of benzene rings is 1. The molecule has 2 aliphatic heterocycles. The Labute approximate surface area is 154 Å². The zero-order valence-electron chi connectivity index (χ0n) is 15.7. The van der Waals surface area contributed by atoms with Crippen LogP contribution in [0.2, 0.25) is 5.31 Å². The van der Waals surface area contributed by atoms with Crippen molar-refractivity contribution in [1.82, 2.24) is 10.3 Å². The van der Waals surface area contributed by atoms with Crippen LogP contribution in [0.1, 0.15) is 43.6 Å². The normalized spacial score (nSPS) is 20.2. The van der Waals surface area contributed by atoms with Gasteiger partial charge in [0.2, 0.25) is 0 Å². The number of nitrogens with zero attached hydrogens (tertiary/aromatic N) is 1. The first-order chi connectivity index (χ1) is 12.2. The maximum absolute atomic E-state index is 12.0. The van der Waals surface area contributed by atoms with E-state index in [1.165, 1.54) is 0 Å². The Morgan fingerprint density at radius 1 is 1.19 bits per heavy atom. The molecule has 0 atom stereocenters. The summed E-state index contributed by atoms with van der Waals surface area (Å²) < 4.78 is 6.13. The zero-order valence-corrected chi connectivity index (χ0v) is 15.7. The first-order valence-corrected chi connectivity index (χ1v) is 9.05. The first kappa shape index (κ1) is 17.1. The van der Waals surface area contributed by atoms with Gasteiger partial charge in [-0.15, -0.1) is 0 Å². The first-order valence-electron chi connectivity index (χ1n) is 9.05. The molecule has 0 saturated carbocycles. The molecule has 1 aromatic carbocycles. The summed E-state index contributed by atoms with van der Waals surface area (Å²) in [6.07, 6.45) is 2.64. The number of hydrogen-bond donors (Lipinski definition) is 2. The highest BCUT2D eigenvalue weighted by Gasteiger charge is 2.59. The topological polar surface area (TPSA) is 77.2 Å². The van der Waals surface area contributed by atoms with Crippen LogP contribution in [0, 0.1) is 0 Å². The second kappa shape index (κ2) is 5.58. The number of pyridine rings is 1. The van der Waals surface area contributed by atoms with E-state index in [2.05, 4.69) is 50.1 Å². The molecule has 0 bridgehead atoms. The number of fused-ring (bicyclic) bond motifs is 1. The lowest BCUT2D eigenvalue weighted by molar-refractivity contribution is -0.00941. The molecule has 6 heteroatoms. The van der Waals surface area contributed by atoms with Crippen LogP contribution in [0.25, 0.3) is 11.1 Å². The fraction of sp³-hybridized carbons (Fsp3) is 0.400. The van der Waals surface area contributed by atoms with Crippen molar-refractivity contribution in [3.63, 3.8) is 0 Å². The number of hydrogen-bond acceptors (Lipinski definition) is 4. The third-order valence-corrected chi connectivity index (χ3v) is 6.20. The van der Waals surface area contributed by atoms with E-state index in [4.69, 9.17) is 10.4 Å². The summed E-state index contributed by atoms with van der Waals surface area (Å²) in [5.74, 6) is 0.481. The van der Waals surface area contributed by atoms with Gasteiger partial charge in [0, 0.05) is 34.8 Å². The SMILES string of the molecule is CC1(C)OB(c2cnc(N)c(-c3ccc4c(c3)CCNC4=O)c2)C1(C)C. The summed E-state index contributed by atoms with van der Waals surface area (Å²) in [6.45, 7) is 9.33. The minimum atomic E-state index is -0.168. The lowest BCUT2D eigenvalue weighted by atomic mass is 9.33. The van der Waals surface area contributed by atoms with E-state index in [1.807, 2.05) is 18.3 Å². The van der Waals surface area contributed by atoms with Gasteiger partial charge >= 0.3 is 6.92 Å². The average molecular weight is 349 g/mol. The third kappa shape index (κ3) is 2.43. The molecule has 1 saturated heterocycles. The number of carbonyl (C=O) groups excluding carboxylic acids is 1. The molecule has 3 heterocycles. The Kier molecular flexibility index (Phi) is 3.67. The smallest absolute Gasteiger partial charge is 0.337 e. The van der Waals surface area contributed by atoms with Gasteiger partial charge in [0.15, 0.2) is 0 Å². The summed E-state index contributed by atoms with van der Waals surface area (Å²) in [5.41, 5.74) is 10.7. The van der Waals surface area contributed by atoms with Gasteiger partial charge in [-0.1, -0.05) is 32.0 Å². The van der Waals surface area contributed by atoms with Crippen molar-refractivity contribution >= 4 is 24.1 Å². The molecule has 0 spiro atoms. The van der Waals surface area contributed by atoms with Crippen molar-refractivity contribution in [3.05, 3.63) is 41.6 Å². The molecule has 0 aliphatic carbocycles. The van der Waals surface area contributed by atoms with E-state index in [0.717, 1.165) is 34.1 Å². The molecule has 0 radical (unpaired) electrons. The quantitative estimate of drug-likeness (QED) is 0.817. The second-order valence-electron chi connectivity index (χ2n) is 8.31. The molecule has 4 rings (SSSR count). The van der Waals surface area contributed by atoms with Crippen LogP contribution in [0.15, 0.2) is 30.5 Å². The molecular formula is C20H24BN3O2. The largest absolute Gasteiger partial charge is 0.425 e. The number of nitrogens with one attached hydrogen (secondary N) is 1. The van der Waals surface area contributed by atoms with E-state index in [-0.39, 0.29) is 23.7 Å². The summed E-state index contributed by atoms with van der Waals surface area (Å²) in [4.78, 5) is 16.4. The second-order valence-corrected chi connectivity index (χ2v) is 8.31. The molecule has 2 aromatic rings. The van der Waals surface area contributed by atoms with E-state index in [9.17, 15) is 4.79 Å². The van der Waals surface area contributed by atoms with Gasteiger partial charge in [-0.25, -0.2) is 4.98 Å². The fourth-order valence-electron chi connectivity index (χ4n) is 3.80. The number of nitrogen functional groups attached to an aromatic ring is 1. The Bertz CT molecular complexity index is 908. The van der Waals surface area contributed by atoms with Crippen molar-refractivity contribution in [1.29, 1.82) is 0 Å². The van der Waals surface area contributed by atoms with Crippen molar-refractivity contribution in [2.45, 2.75) is 45.0 Å². The third-order valence-electron chi connectivity index (χ3n) is 6.20. The molecule has 134 valence electrons. The molecule has 0 unspecified atom stereocenters. The van der Waals surface area contributed by atoms with E-state index in [1.54, 1.807) is 0 Å². The Morgan fingerprint density at radius 2 is 1.96 bits per heavy atom. The van der Waals surface area contributed by atoms with Crippen molar-refractivity contribution in [2.75, 3.05) is 12.3 Å². The molecule has 5 nitrogen and oxygen atoms in total. The highest BCUT2D eigenvalue weighted by atomic mass is 16.5. The van der Waals surface area contributed by atoms with Gasteiger partial charge in [-0.3, -0.25) is 4.79 Å². The molecular weight excluding hydrogens is 325 g/mol. The molecule has 3 N–H and O–H groups in total. The van der Waals surface area contributed by atoms with E-state index in [0.29, 0.717) is 12.4 Å². The number of aromatic nitrogens is 1. The summed E-state index contributed by atoms with van der Waals surface area (Å²) in [7, 11) is 0. The highest BCUT2D eigenvalue weighted by molar-refractivity contribution is 6.73. The van der Waals surface area contributed by atoms with Crippen LogP contribution in [0.4, 0.5) is 5.82 Å². The fourth-order valence-corrected chi connectivity index (χ4v) is 3.80. The number of carbonyl (C=O) groups is 1. The minimum absolute atomic E-state index is 0.00671. The standard InChI is InChI=1S/C20H24BN3O2/c1-19(2)20(3,4)26-21(19)14-10-16(17(22)24-11-14)12-5-6-15-13(9-12)7-8-23-18(15)25/h5-6,9-11H,7-8H2,1-4H3,(H2,22,24)(H,23,25). The molecule has 1 fully saturated rings. The number of rotatable bonds is 2. The number of nitrogens with two attached hydrogens (primary N) is 1. The average Bonchev–Trinajstić information content (AvgIpc) is 2.60. The van der Waals surface area contributed by atoms with Crippen LogP contribution >= 0.6 is 0 Å². The van der Waals surface area contributed by atoms with E-state index >= 15 is 0 Å². The Balaban J connectivity index is 1.73. The number of anilines is 1. The maximum Gasteiger partial charge on any atom is 0.337 e. The summed E-state index contributed by atoms with van der Waals surface area (Å²) in [6, 6.07) is 7.95. The Morgan fingerprint density at radius 3 is 2.65 bits per heavy atom. The van der Waals surface area contributed by atoms with Gasteiger partial charge in [-0.05, 0) is 42.9 Å². The van der Waals surface area contributed by atoms with Crippen molar-refractivity contribution in [2.24, 2.45) is 0 Å². The van der Waals surface area contributed by atoms with Crippen LogP contribution in [0.5, 0.6) is 0 Å². The molecule has 1 aromatic heterocycles. The van der Waals surface area contributed by atoms with Gasteiger partial charge in [-0.2, -0.15) is 0 Å². The van der Waals surface area contributed by atoms with Crippen LogP contribution in [0.3, 0.4) is 0 Å². The van der Waals surface area contributed by atoms with Gasteiger partial charge < -0.3 is 15.7 Å². The predicted molar refractivity (Wildman–Crippen MR) is 105 cm³/mol. The summed E-state index contributed by atoms with van der Waals surface area (Å²) in [5, 5.41) is 2.88. The van der Waals surface area contributed by atoms with Gasteiger partial charge in [0.05, 0.1) is 0 Å². The molecule has 2 aliphatic rings. The van der Waals surface area contributed by atoms with Crippen LogP contribution in [-0.4, -0.2) is 30.0 Å². The predicted octanol–water partition coefficient (Wildman–Crippen LogP) is 2.40. The molecule has 26 heavy (non-hydrogen) atoms. The van der Waals surface area contributed by atoms with Crippen LogP contribution < -0.4 is 16.5 Å². The van der Waals surface area contributed by atoms with E-state index < -0.39 is 0 Å². The van der Waals surface area contributed by atoms with Crippen LogP contribution in [-0.2, 0) is 11.1 Å². The lowest BCUT2D eigenvalue weighted by Crippen LogP contribution is -2.66. The van der Waals surface area contributed by atoms with Crippen molar-refractivity contribution in [3.8, 4) is 11.1 Å².